The summed E-state index contributed by atoms with van der Waals surface area (Å²) in [6.07, 6.45) is 0. The van der Waals surface area contributed by atoms with E-state index in [0.29, 0.717) is 0 Å². The summed E-state index contributed by atoms with van der Waals surface area (Å²) < 4.78 is 0. The number of rotatable bonds is 0. The summed E-state index contributed by atoms with van der Waals surface area (Å²) in [4.78, 5) is 0. The number of halogens is 5. The Morgan fingerprint density at radius 2 is 0.429 bits per heavy atom. The molecular weight excluding hydrogens is 301 g/mol. The van der Waals surface area contributed by atoms with Gasteiger partial charge in [-0.05, 0) is 0 Å². The van der Waals surface area contributed by atoms with Crippen molar-refractivity contribution in [2.24, 2.45) is 0 Å². The van der Waals surface area contributed by atoms with Crippen molar-refractivity contribution >= 4 is 0 Å². The van der Waals surface area contributed by atoms with E-state index in [4.69, 9.17) is 0 Å². The van der Waals surface area contributed by atoms with Gasteiger partial charge in [0.15, 0.2) is 0 Å². The second-order valence-electron chi connectivity index (χ2n) is 0. The fourth-order valence-electron chi connectivity index (χ4n) is 0. The van der Waals surface area contributed by atoms with E-state index >= 15 is 0 Å². The summed E-state index contributed by atoms with van der Waals surface area (Å²) in [6, 6.07) is 0. The Balaban J connectivity index is 0. The third kappa shape index (κ3) is 48.1. The monoisotopic (exact) mass is 300 g/mol. The van der Waals surface area contributed by atoms with E-state index in [1.807, 2.05) is 0 Å². The van der Waals surface area contributed by atoms with Crippen LogP contribution in [-0.4, -0.2) is 0 Å². The Morgan fingerprint density at radius 3 is 0.429 bits per heavy atom. The fourth-order valence-corrected chi connectivity index (χ4v) is 0. The zero-order chi connectivity index (χ0) is 0. The van der Waals surface area contributed by atoms with Crippen molar-refractivity contribution in [1.29, 1.82) is 0 Å². The molecule has 0 heterocycles. The maximum Gasteiger partial charge on any atom is 4.00 e. The molecule has 0 saturated heterocycles. The van der Waals surface area contributed by atoms with Gasteiger partial charge in [-0.25, -0.2) is 0 Å². The maximum absolute atomic E-state index is 0. The molecule has 0 radical (unpaired) electrons. The molecule has 7 heavy (non-hydrogen) atoms. The first-order chi connectivity index (χ1) is 0. The number of hydrogen-bond donors (Lipinski definition) is 0. The van der Waals surface area contributed by atoms with Crippen LogP contribution in [0.15, 0.2) is 0 Å². The van der Waals surface area contributed by atoms with Gasteiger partial charge < -0.3 is 62.0 Å². The van der Waals surface area contributed by atoms with Crippen LogP contribution in [-0.2, 0) is 19.5 Å². The van der Waals surface area contributed by atoms with Gasteiger partial charge in [-0.3, -0.25) is 0 Å². The van der Waals surface area contributed by atoms with Gasteiger partial charge in [0.05, 0.1) is 0 Å². The SMILES string of the molecule is [Cl-].[Cl-].[Cl-].[Cl-].[Cl-].[Na+].[Ru+4]. The molecule has 0 fully saturated rings. The average molecular weight is 301 g/mol. The minimum absolute atomic E-state index is 0. The molecule has 0 aromatic rings. The Hall–Kier alpha value is 3.07. The van der Waals surface area contributed by atoms with Crippen LogP contribution in [0.25, 0.3) is 0 Å². The van der Waals surface area contributed by atoms with Crippen LogP contribution in [0.2, 0.25) is 0 Å². The molecule has 44 valence electrons. The first kappa shape index (κ1) is 87.8. The molecular formula is Cl5NaRu. The summed E-state index contributed by atoms with van der Waals surface area (Å²) >= 11 is 0. The minimum atomic E-state index is 0. The van der Waals surface area contributed by atoms with Gasteiger partial charge in [0, 0.05) is 0 Å². The van der Waals surface area contributed by atoms with E-state index in [1.165, 1.54) is 0 Å². The summed E-state index contributed by atoms with van der Waals surface area (Å²) in [5.74, 6) is 0. The molecule has 0 nitrogen and oxygen atoms in total. The molecule has 7 heteroatoms. The quantitative estimate of drug-likeness (QED) is 0.390. The van der Waals surface area contributed by atoms with Crippen LogP contribution in [0.3, 0.4) is 0 Å². The zero-order valence-corrected chi connectivity index (χ0v) is 10.8. The summed E-state index contributed by atoms with van der Waals surface area (Å²) in [5, 5.41) is 0. The van der Waals surface area contributed by atoms with E-state index in [0.717, 1.165) is 0 Å². The Labute approximate surface area is 109 Å². The normalized spacial score (nSPS) is 0. The molecule has 0 aliphatic heterocycles. The molecule has 0 bridgehead atoms. The van der Waals surface area contributed by atoms with Crippen molar-refractivity contribution in [3.05, 3.63) is 0 Å². The van der Waals surface area contributed by atoms with E-state index in [9.17, 15) is 0 Å². The van der Waals surface area contributed by atoms with Gasteiger partial charge >= 0.3 is 49.0 Å². The van der Waals surface area contributed by atoms with Crippen molar-refractivity contribution in [2.75, 3.05) is 0 Å². The largest absolute Gasteiger partial charge is 4.00 e. The van der Waals surface area contributed by atoms with E-state index in [1.54, 1.807) is 0 Å². The molecule has 0 N–H and O–H groups in total. The van der Waals surface area contributed by atoms with Crippen LogP contribution < -0.4 is 91.6 Å². The molecule has 0 aliphatic carbocycles. The topological polar surface area (TPSA) is 0 Å². The Kier molecular flexibility index (Phi) is 785. The molecule has 0 aliphatic rings. The first-order valence-electron chi connectivity index (χ1n) is 0. The predicted octanol–water partition coefficient (Wildman–Crippen LogP) is -18.0. The van der Waals surface area contributed by atoms with Gasteiger partial charge in [0.1, 0.15) is 0 Å². The van der Waals surface area contributed by atoms with Crippen molar-refractivity contribution in [1.82, 2.24) is 0 Å². The third-order valence-corrected chi connectivity index (χ3v) is 0. The second-order valence-corrected chi connectivity index (χ2v) is 0. The van der Waals surface area contributed by atoms with Crippen LogP contribution >= 0.6 is 0 Å². The van der Waals surface area contributed by atoms with Crippen LogP contribution in [0, 0.1) is 0 Å². The zero-order valence-electron chi connectivity index (χ0n) is 3.24. The molecule has 0 aromatic carbocycles. The van der Waals surface area contributed by atoms with Crippen molar-refractivity contribution in [3.63, 3.8) is 0 Å². The molecule has 0 aromatic heterocycles. The molecule has 0 spiro atoms. The number of hydrogen-bond acceptors (Lipinski definition) is 0. The predicted molar refractivity (Wildman–Crippen MR) is 0 cm³/mol. The second kappa shape index (κ2) is 62.6. The molecule has 0 unspecified atom stereocenters. The van der Waals surface area contributed by atoms with Gasteiger partial charge in [0.25, 0.3) is 0 Å². The minimum Gasteiger partial charge on any atom is -1.00 e. The summed E-state index contributed by atoms with van der Waals surface area (Å²) in [7, 11) is 0. The van der Waals surface area contributed by atoms with E-state index in [-0.39, 0.29) is 111 Å². The maximum atomic E-state index is 0. The van der Waals surface area contributed by atoms with Gasteiger partial charge in [0.2, 0.25) is 0 Å². The van der Waals surface area contributed by atoms with Crippen LogP contribution in [0.1, 0.15) is 0 Å². The van der Waals surface area contributed by atoms with Crippen molar-refractivity contribution in [3.8, 4) is 0 Å². The van der Waals surface area contributed by atoms with Crippen LogP contribution in [0.4, 0.5) is 0 Å². The fraction of sp³-hybridized carbons (Fsp3) is 0. The van der Waals surface area contributed by atoms with Crippen molar-refractivity contribution in [2.45, 2.75) is 0 Å². The summed E-state index contributed by atoms with van der Waals surface area (Å²) in [5.41, 5.74) is 0. The average Bonchev–Trinajstić information content (AvgIpc) is 0. The summed E-state index contributed by atoms with van der Waals surface area (Å²) in [6.45, 7) is 0. The standard InChI is InChI=1S/5ClH.Na.Ru/h5*1H;;/q;;;;;+1;+4/p-5. The molecule has 0 atom stereocenters. The van der Waals surface area contributed by atoms with Gasteiger partial charge in [-0.15, -0.1) is 0 Å². The molecule has 0 rings (SSSR count). The third-order valence-electron chi connectivity index (χ3n) is 0. The van der Waals surface area contributed by atoms with Gasteiger partial charge in [-0.1, -0.05) is 0 Å². The molecule has 0 saturated carbocycles. The van der Waals surface area contributed by atoms with E-state index in [2.05, 4.69) is 0 Å². The first-order valence-corrected chi connectivity index (χ1v) is 0. The molecule has 0 amide bonds. The van der Waals surface area contributed by atoms with Crippen LogP contribution in [0.5, 0.6) is 0 Å². The van der Waals surface area contributed by atoms with Gasteiger partial charge in [-0.2, -0.15) is 0 Å². The Morgan fingerprint density at radius 1 is 0.429 bits per heavy atom. The van der Waals surface area contributed by atoms with E-state index < -0.39 is 0 Å². The smallest absolute Gasteiger partial charge is 1.00 e. The Bertz CT molecular complexity index is 8.04. The van der Waals surface area contributed by atoms with Crippen molar-refractivity contribution < 1.29 is 111 Å².